The van der Waals surface area contributed by atoms with Crippen molar-refractivity contribution >= 4 is 38.6 Å². The number of aryl methyl sites for hydroxylation is 1. The van der Waals surface area contributed by atoms with E-state index in [-0.39, 0.29) is 4.70 Å². The number of benzene rings is 1. The topological polar surface area (TPSA) is 24.9 Å². The fourth-order valence-electron chi connectivity index (χ4n) is 1.80. The molecule has 0 amide bonds. The highest BCUT2D eigenvalue weighted by Crippen LogP contribution is 2.28. The molecular weight excluding hydrogens is 286 g/mol. The second-order valence-corrected chi connectivity index (χ2v) is 6.27. The zero-order valence-electron chi connectivity index (χ0n) is 10.0. The monoisotopic (exact) mass is 296 g/mol. The van der Waals surface area contributed by atoms with Crippen LogP contribution >= 0.6 is 22.7 Å². The molecule has 2 heterocycles. The number of aromatic nitrogens is 1. The first-order valence-electron chi connectivity index (χ1n) is 5.66. The molecule has 0 aliphatic carbocycles. The molecule has 1 N–H and O–H groups in total. The number of nitrogens with zero attached hydrogens (tertiary/aromatic N) is 1. The molecule has 3 aromatic rings. The standard InChI is InChI=1S/C13H10F2N2S2/c1-7-9(4-5-18-7)16-6-11-17-10-3-2-8(14)12(15)13(10)19-11/h2-5,16H,6H2,1H3. The van der Waals surface area contributed by atoms with E-state index in [9.17, 15) is 8.78 Å². The highest BCUT2D eigenvalue weighted by Gasteiger charge is 2.12. The Bertz CT molecular complexity index is 733. The minimum Gasteiger partial charge on any atom is -0.378 e. The molecule has 0 radical (unpaired) electrons. The van der Waals surface area contributed by atoms with E-state index in [0.717, 1.165) is 16.8 Å². The highest BCUT2D eigenvalue weighted by atomic mass is 32.1. The third-order valence-corrected chi connectivity index (χ3v) is 4.69. The van der Waals surface area contributed by atoms with Crippen LogP contribution in [0.4, 0.5) is 14.5 Å². The second-order valence-electron chi connectivity index (χ2n) is 4.06. The summed E-state index contributed by atoms with van der Waals surface area (Å²) in [6, 6.07) is 4.61. The predicted molar refractivity (Wildman–Crippen MR) is 75.9 cm³/mol. The maximum atomic E-state index is 13.6. The van der Waals surface area contributed by atoms with E-state index in [1.54, 1.807) is 11.3 Å². The Labute approximate surface area is 116 Å². The molecule has 2 nitrogen and oxygen atoms in total. The predicted octanol–water partition coefficient (Wildman–Crippen LogP) is 4.56. The van der Waals surface area contributed by atoms with Crippen LogP contribution in [-0.2, 0) is 6.54 Å². The van der Waals surface area contributed by atoms with E-state index in [1.165, 1.54) is 22.3 Å². The fraction of sp³-hybridized carbons (Fsp3) is 0.154. The maximum absolute atomic E-state index is 13.6. The molecule has 0 spiro atoms. The molecule has 0 bridgehead atoms. The van der Waals surface area contributed by atoms with Crippen molar-refractivity contribution in [2.24, 2.45) is 0 Å². The lowest BCUT2D eigenvalue weighted by Gasteiger charge is -2.01. The van der Waals surface area contributed by atoms with Gasteiger partial charge in [-0.15, -0.1) is 22.7 Å². The summed E-state index contributed by atoms with van der Waals surface area (Å²) >= 11 is 2.84. The largest absolute Gasteiger partial charge is 0.378 e. The summed E-state index contributed by atoms with van der Waals surface area (Å²) in [5.41, 5.74) is 1.55. The number of hydrogen-bond donors (Lipinski definition) is 1. The van der Waals surface area contributed by atoms with Crippen molar-refractivity contribution in [3.8, 4) is 0 Å². The molecule has 0 saturated carbocycles. The van der Waals surface area contributed by atoms with Gasteiger partial charge in [0.1, 0.15) is 5.01 Å². The molecule has 0 saturated heterocycles. The Morgan fingerprint density at radius 3 is 2.84 bits per heavy atom. The normalized spacial score (nSPS) is 11.1. The molecule has 1 aromatic carbocycles. The molecule has 0 aliphatic heterocycles. The van der Waals surface area contributed by atoms with Crippen LogP contribution in [0.25, 0.3) is 10.2 Å². The molecular formula is C13H10F2N2S2. The Balaban J connectivity index is 1.86. The molecule has 0 aliphatic rings. The summed E-state index contributed by atoms with van der Waals surface area (Å²) in [5.74, 6) is -1.64. The summed E-state index contributed by atoms with van der Waals surface area (Å²) in [5, 5.41) is 5.99. The van der Waals surface area contributed by atoms with Crippen LogP contribution in [0.5, 0.6) is 0 Å². The molecule has 0 unspecified atom stereocenters. The quantitative estimate of drug-likeness (QED) is 0.766. The first kappa shape index (κ1) is 12.5. The molecule has 0 atom stereocenters. The van der Waals surface area contributed by atoms with Gasteiger partial charge in [0.25, 0.3) is 0 Å². The highest BCUT2D eigenvalue weighted by molar-refractivity contribution is 7.18. The smallest absolute Gasteiger partial charge is 0.178 e. The van der Waals surface area contributed by atoms with Gasteiger partial charge in [-0.05, 0) is 30.5 Å². The zero-order chi connectivity index (χ0) is 13.4. The van der Waals surface area contributed by atoms with Crippen LogP contribution in [0.2, 0.25) is 0 Å². The van der Waals surface area contributed by atoms with Gasteiger partial charge in [-0.25, -0.2) is 13.8 Å². The lowest BCUT2D eigenvalue weighted by molar-refractivity contribution is 0.518. The molecule has 98 valence electrons. The number of thiazole rings is 1. The maximum Gasteiger partial charge on any atom is 0.178 e. The lowest BCUT2D eigenvalue weighted by Crippen LogP contribution is -1.98. The van der Waals surface area contributed by atoms with Gasteiger partial charge in [-0.2, -0.15) is 0 Å². The van der Waals surface area contributed by atoms with Crippen LogP contribution in [-0.4, -0.2) is 4.98 Å². The van der Waals surface area contributed by atoms with Crippen LogP contribution in [0.1, 0.15) is 9.88 Å². The van der Waals surface area contributed by atoms with Gasteiger partial charge in [0.05, 0.1) is 16.8 Å². The van der Waals surface area contributed by atoms with E-state index in [1.807, 2.05) is 18.4 Å². The van der Waals surface area contributed by atoms with Crippen LogP contribution < -0.4 is 5.32 Å². The minimum atomic E-state index is -0.829. The van der Waals surface area contributed by atoms with Crippen molar-refractivity contribution in [1.82, 2.24) is 4.98 Å². The summed E-state index contributed by atoms with van der Waals surface area (Å²) in [6.07, 6.45) is 0. The molecule has 2 aromatic heterocycles. The van der Waals surface area contributed by atoms with Crippen LogP contribution in [0.15, 0.2) is 23.6 Å². The number of halogens is 2. The Kier molecular flexibility index (Phi) is 3.20. The number of rotatable bonds is 3. The summed E-state index contributed by atoms with van der Waals surface area (Å²) < 4.78 is 27.0. The van der Waals surface area contributed by atoms with Gasteiger partial charge in [0, 0.05) is 10.6 Å². The zero-order valence-corrected chi connectivity index (χ0v) is 11.7. The van der Waals surface area contributed by atoms with Gasteiger partial charge in [0.2, 0.25) is 0 Å². The van der Waals surface area contributed by atoms with Gasteiger partial charge in [-0.3, -0.25) is 0 Å². The van der Waals surface area contributed by atoms with E-state index >= 15 is 0 Å². The van der Waals surface area contributed by atoms with Gasteiger partial charge >= 0.3 is 0 Å². The van der Waals surface area contributed by atoms with E-state index in [4.69, 9.17) is 0 Å². The SMILES string of the molecule is Cc1sccc1NCc1nc2ccc(F)c(F)c2s1. The van der Waals surface area contributed by atoms with Crippen molar-refractivity contribution < 1.29 is 8.78 Å². The van der Waals surface area contributed by atoms with E-state index in [0.29, 0.717) is 12.1 Å². The van der Waals surface area contributed by atoms with Crippen LogP contribution in [0.3, 0.4) is 0 Å². The summed E-state index contributed by atoms with van der Waals surface area (Å²) in [6.45, 7) is 2.54. The lowest BCUT2D eigenvalue weighted by atomic mass is 10.3. The Hall–Kier alpha value is -1.53. The van der Waals surface area contributed by atoms with E-state index in [2.05, 4.69) is 10.3 Å². The van der Waals surface area contributed by atoms with Crippen molar-refractivity contribution in [3.63, 3.8) is 0 Å². The number of hydrogen-bond acceptors (Lipinski definition) is 4. The number of nitrogens with one attached hydrogen (secondary N) is 1. The van der Waals surface area contributed by atoms with Crippen LogP contribution in [0, 0.1) is 18.6 Å². The van der Waals surface area contributed by atoms with Crippen molar-refractivity contribution in [2.75, 3.05) is 5.32 Å². The Morgan fingerprint density at radius 1 is 1.26 bits per heavy atom. The molecule has 3 rings (SSSR count). The average Bonchev–Trinajstić information content (AvgIpc) is 2.98. The first-order valence-corrected chi connectivity index (χ1v) is 7.36. The number of anilines is 1. The van der Waals surface area contributed by atoms with Gasteiger partial charge < -0.3 is 5.32 Å². The van der Waals surface area contributed by atoms with Gasteiger partial charge in [-0.1, -0.05) is 0 Å². The van der Waals surface area contributed by atoms with Gasteiger partial charge in [0.15, 0.2) is 11.6 Å². The number of fused-ring (bicyclic) bond motifs is 1. The van der Waals surface area contributed by atoms with Crippen molar-refractivity contribution in [2.45, 2.75) is 13.5 Å². The van der Waals surface area contributed by atoms with Crippen molar-refractivity contribution in [1.29, 1.82) is 0 Å². The third kappa shape index (κ3) is 2.33. The van der Waals surface area contributed by atoms with E-state index < -0.39 is 11.6 Å². The first-order chi connectivity index (χ1) is 9.15. The molecule has 19 heavy (non-hydrogen) atoms. The Morgan fingerprint density at radius 2 is 2.11 bits per heavy atom. The minimum absolute atomic E-state index is 0.277. The second kappa shape index (κ2) is 4.86. The summed E-state index contributed by atoms with van der Waals surface area (Å²) in [4.78, 5) is 5.49. The van der Waals surface area contributed by atoms with Crippen molar-refractivity contribution in [3.05, 3.63) is 45.1 Å². The number of thiophene rings is 1. The molecule has 6 heteroatoms. The summed E-state index contributed by atoms with van der Waals surface area (Å²) in [7, 11) is 0. The average molecular weight is 296 g/mol. The fourth-order valence-corrected chi connectivity index (χ4v) is 3.40. The third-order valence-electron chi connectivity index (χ3n) is 2.78. The molecule has 0 fully saturated rings.